The Morgan fingerprint density at radius 1 is 0.526 bits per heavy atom. The number of hydrogen-bond donors (Lipinski definition) is 0. The highest BCUT2D eigenvalue weighted by Gasteiger charge is 2.15. The zero-order valence-electron chi connectivity index (χ0n) is 19.9. The fraction of sp³-hybridized carbons (Fsp3) is 0. The molecule has 0 saturated heterocycles. The van der Waals surface area contributed by atoms with E-state index in [1.807, 2.05) is 60.7 Å². The van der Waals surface area contributed by atoms with Crippen LogP contribution in [0, 0.1) is 20.2 Å². The quantitative estimate of drug-likeness (QED) is 0.160. The highest BCUT2D eigenvalue weighted by Crippen LogP contribution is 2.14. The van der Waals surface area contributed by atoms with Crippen LogP contribution < -0.4 is 0 Å². The van der Waals surface area contributed by atoms with Gasteiger partial charge in [0.2, 0.25) is 0 Å². The largest absolute Gasteiger partial charge is 0.269 e. The molecular formula is C28H20N6O4. The molecule has 4 aromatic rings. The van der Waals surface area contributed by atoms with Gasteiger partial charge in [0.05, 0.1) is 22.3 Å². The summed E-state index contributed by atoms with van der Waals surface area (Å²) in [4.78, 5) is 20.9. The minimum absolute atomic E-state index is 0.0139. The average molecular weight is 505 g/mol. The molecule has 10 nitrogen and oxygen atoms in total. The van der Waals surface area contributed by atoms with Gasteiger partial charge in [0.15, 0.2) is 0 Å². The molecule has 186 valence electrons. The smallest absolute Gasteiger partial charge is 0.258 e. The van der Waals surface area contributed by atoms with Crippen molar-refractivity contribution in [3.05, 3.63) is 152 Å². The van der Waals surface area contributed by atoms with Crippen LogP contribution in [0.25, 0.3) is 0 Å². The van der Waals surface area contributed by atoms with Gasteiger partial charge in [-0.25, -0.2) is 0 Å². The maximum Gasteiger partial charge on any atom is 0.269 e. The van der Waals surface area contributed by atoms with E-state index in [0.29, 0.717) is 22.6 Å². The van der Waals surface area contributed by atoms with E-state index in [1.54, 1.807) is 24.3 Å². The van der Waals surface area contributed by atoms with Crippen molar-refractivity contribution in [2.75, 3.05) is 0 Å². The van der Waals surface area contributed by atoms with Crippen LogP contribution in [0.4, 0.5) is 11.4 Å². The third kappa shape index (κ3) is 6.73. The number of nitro benzene ring substituents is 2. The fourth-order valence-electron chi connectivity index (χ4n) is 3.35. The first kappa shape index (κ1) is 25.5. The summed E-state index contributed by atoms with van der Waals surface area (Å²) >= 11 is 0. The minimum Gasteiger partial charge on any atom is -0.258 e. The van der Waals surface area contributed by atoms with Gasteiger partial charge in [-0.1, -0.05) is 60.7 Å². The van der Waals surface area contributed by atoms with Crippen LogP contribution in [-0.2, 0) is 0 Å². The van der Waals surface area contributed by atoms with Crippen LogP contribution in [0.1, 0.15) is 22.3 Å². The molecule has 10 heteroatoms. The van der Waals surface area contributed by atoms with Gasteiger partial charge < -0.3 is 0 Å². The number of hydrogen-bond acceptors (Lipinski definition) is 8. The Balaban J connectivity index is 1.72. The van der Waals surface area contributed by atoms with Crippen LogP contribution in [0.5, 0.6) is 0 Å². The van der Waals surface area contributed by atoms with Gasteiger partial charge in [-0.05, 0) is 35.4 Å². The Morgan fingerprint density at radius 2 is 0.868 bits per heavy atom. The first-order valence-electron chi connectivity index (χ1n) is 11.3. The van der Waals surface area contributed by atoms with E-state index in [4.69, 9.17) is 0 Å². The van der Waals surface area contributed by atoms with Crippen LogP contribution in [0.2, 0.25) is 0 Å². The normalized spacial score (nSPS) is 12.2. The van der Waals surface area contributed by atoms with Gasteiger partial charge in [-0.3, -0.25) is 20.2 Å². The number of nitrogens with zero attached hydrogens (tertiary/aromatic N) is 6. The molecule has 4 rings (SSSR count). The van der Waals surface area contributed by atoms with Crippen LogP contribution in [0.15, 0.2) is 130 Å². The van der Waals surface area contributed by atoms with E-state index in [9.17, 15) is 20.2 Å². The molecule has 0 atom stereocenters. The summed E-state index contributed by atoms with van der Waals surface area (Å²) in [6.07, 6.45) is 2.99. The lowest BCUT2D eigenvalue weighted by Crippen LogP contribution is -2.17. The van der Waals surface area contributed by atoms with Gasteiger partial charge >= 0.3 is 0 Å². The summed E-state index contributed by atoms with van der Waals surface area (Å²) in [6, 6.07) is 30.7. The molecule has 0 radical (unpaired) electrons. The highest BCUT2D eigenvalue weighted by molar-refractivity contribution is 6.53. The SMILES string of the molecule is O=[N+]([O-])c1ccc(\C=N/N=C(\C(=N\N=C/c2ccc([N+](=O)[O-])cc2)c2ccccc2)c2ccccc2)cc1. The van der Waals surface area contributed by atoms with E-state index < -0.39 is 9.85 Å². The molecule has 0 spiro atoms. The Bertz CT molecular complexity index is 1410. The van der Waals surface area contributed by atoms with Gasteiger partial charge in [-0.2, -0.15) is 10.2 Å². The molecule has 0 bridgehead atoms. The third-order valence-electron chi connectivity index (χ3n) is 5.26. The van der Waals surface area contributed by atoms with Crippen molar-refractivity contribution in [2.24, 2.45) is 20.4 Å². The summed E-state index contributed by atoms with van der Waals surface area (Å²) in [5.41, 5.74) is 3.66. The van der Waals surface area contributed by atoms with Crippen molar-refractivity contribution >= 4 is 35.2 Å². The van der Waals surface area contributed by atoms with Crippen molar-refractivity contribution in [2.45, 2.75) is 0 Å². The molecule has 38 heavy (non-hydrogen) atoms. The maximum absolute atomic E-state index is 10.9. The Hall–Kier alpha value is -5.64. The molecule has 0 aliphatic heterocycles. The van der Waals surface area contributed by atoms with Gasteiger partial charge in [0.1, 0.15) is 11.4 Å². The lowest BCUT2D eigenvalue weighted by Gasteiger charge is -2.08. The molecule has 0 aliphatic carbocycles. The topological polar surface area (TPSA) is 136 Å². The Kier molecular flexibility index (Phi) is 8.28. The van der Waals surface area contributed by atoms with Gasteiger partial charge in [0.25, 0.3) is 11.4 Å². The van der Waals surface area contributed by atoms with Crippen LogP contribution in [0.3, 0.4) is 0 Å². The van der Waals surface area contributed by atoms with Crippen molar-refractivity contribution in [1.82, 2.24) is 0 Å². The molecule has 0 unspecified atom stereocenters. The summed E-state index contributed by atoms with van der Waals surface area (Å²) in [7, 11) is 0. The molecule has 0 fully saturated rings. The fourth-order valence-corrected chi connectivity index (χ4v) is 3.35. The molecule has 0 aromatic heterocycles. The zero-order chi connectivity index (χ0) is 26.7. The monoisotopic (exact) mass is 504 g/mol. The lowest BCUT2D eigenvalue weighted by molar-refractivity contribution is -0.385. The van der Waals surface area contributed by atoms with E-state index in [0.717, 1.165) is 11.1 Å². The third-order valence-corrected chi connectivity index (χ3v) is 5.26. The predicted octanol–water partition coefficient (Wildman–Crippen LogP) is 5.85. The predicted molar refractivity (Wildman–Crippen MR) is 147 cm³/mol. The van der Waals surface area contributed by atoms with E-state index >= 15 is 0 Å². The Labute approximate surface area is 217 Å². The minimum atomic E-state index is -0.466. The highest BCUT2D eigenvalue weighted by atomic mass is 16.6. The number of non-ortho nitro benzene ring substituents is 2. The lowest BCUT2D eigenvalue weighted by atomic mass is 10.00. The standard InChI is InChI=1S/C28H20N6O4/c35-33(36)25-15-11-21(12-16-25)19-29-31-27(23-7-3-1-4-8-23)28(24-9-5-2-6-10-24)32-30-20-22-13-17-26(18-14-22)34(37)38/h1-20H/b29-19-,30-20-,31-27-,32-28+. The van der Waals surface area contributed by atoms with Crippen molar-refractivity contribution in [3.63, 3.8) is 0 Å². The second-order valence-electron chi connectivity index (χ2n) is 7.82. The van der Waals surface area contributed by atoms with Crippen LogP contribution in [-0.4, -0.2) is 33.7 Å². The molecule has 0 aliphatic rings. The summed E-state index contributed by atoms with van der Waals surface area (Å²) in [6.45, 7) is 0. The Morgan fingerprint density at radius 3 is 1.18 bits per heavy atom. The van der Waals surface area contributed by atoms with Gasteiger partial charge in [-0.15, -0.1) is 10.2 Å². The van der Waals surface area contributed by atoms with Crippen molar-refractivity contribution in [1.29, 1.82) is 0 Å². The maximum atomic E-state index is 10.9. The zero-order valence-corrected chi connectivity index (χ0v) is 19.9. The number of nitro groups is 2. The molecule has 0 heterocycles. The second kappa shape index (κ2) is 12.4. The molecule has 0 saturated carbocycles. The number of benzene rings is 4. The summed E-state index contributed by atoms with van der Waals surface area (Å²) in [5.74, 6) is 0. The summed E-state index contributed by atoms with van der Waals surface area (Å²) < 4.78 is 0. The second-order valence-corrected chi connectivity index (χ2v) is 7.82. The number of rotatable bonds is 9. The molecule has 0 N–H and O–H groups in total. The van der Waals surface area contributed by atoms with Crippen molar-refractivity contribution < 1.29 is 9.85 Å². The van der Waals surface area contributed by atoms with E-state index in [-0.39, 0.29) is 11.4 Å². The van der Waals surface area contributed by atoms with E-state index in [2.05, 4.69) is 20.4 Å². The average Bonchev–Trinajstić information content (AvgIpc) is 2.95. The summed E-state index contributed by atoms with van der Waals surface area (Å²) in [5, 5.41) is 39.2. The first-order chi connectivity index (χ1) is 18.5. The molecule has 4 aromatic carbocycles. The molecule has 0 amide bonds. The van der Waals surface area contributed by atoms with Crippen molar-refractivity contribution in [3.8, 4) is 0 Å². The molecular weight excluding hydrogens is 484 g/mol. The van der Waals surface area contributed by atoms with E-state index in [1.165, 1.54) is 36.7 Å². The first-order valence-corrected chi connectivity index (χ1v) is 11.3. The van der Waals surface area contributed by atoms with Gasteiger partial charge in [0, 0.05) is 35.4 Å². The van der Waals surface area contributed by atoms with Crippen LogP contribution >= 0.6 is 0 Å².